The molecule has 4 aliphatic rings. The summed E-state index contributed by atoms with van der Waals surface area (Å²) >= 11 is 2.04. The van der Waals surface area contributed by atoms with Gasteiger partial charge in [-0.3, -0.25) is 19.3 Å². The number of β-lactam (4-membered cyclic amide) rings is 1. The maximum Gasteiger partial charge on any atom is 0.352 e. The molecule has 0 bridgehead atoms. The Labute approximate surface area is 223 Å². The van der Waals surface area contributed by atoms with E-state index in [2.05, 4.69) is 25.1 Å². The molecule has 15 nitrogen and oxygen atoms in total. The van der Waals surface area contributed by atoms with Gasteiger partial charge in [0.15, 0.2) is 5.13 Å². The summed E-state index contributed by atoms with van der Waals surface area (Å²) in [5.74, 6) is -3.09. The van der Waals surface area contributed by atoms with E-state index in [0.717, 1.165) is 16.4 Å². The fourth-order valence-corrected chi connectivity index (χ4v) is 6.73. The number of nitrogens with two attached hydrogens (primary N) is 1. The number of fused-ring (bicyclic) bond motifs is 1. The lowest BCUT2D eigenvalue weighted by Gasteiger charge is -2.49. The summed E-state index contributed by atoms with van der Waals surface area (Å²) in [4.78, 5) is 57.5. The average molecular weight is 565 g/mol. The maximum atomic E-state index is 13.1. The Balaban J connectivity index is 1.31. The number of thioether (sulfide) groups is 1. The van der Waals surface area contributed by atoms with Crippen LogP contribution in [0.1, 0.15) is 18.7 Å². The first-order valence-corrected chi connectivity index (χ1v) is 13.4. The lowest BCUT2D eigenvalue weighted by Crippen LogP contribution is -2.71. The van der Waals surface area contributed by atoms with Crippen LogP contribution in [0.5, 0.6) is 0 Å². The Morgan fingerprint density at radius 1 is 1.34 bits per heavy atom. The number of aliphatic hydroxyl groups excluding tert-OH is 1. The number of aromatic nitrogens is 2. The Morgan fingerprint density at radius 2 is 2.13 bits per heavy atom. The number of allylic oxidation sites excluding steroid dienone is 1. The number of hydrogen-bond acceptors (Lipinski definition) is 13. The normalized spacial score (nSPS) is 28.7. The highest BCUT2D eigenvalue weighted by Gasteiger charge is 2.54. The fraction of sp³-hybridized carbons (Fsp3) is 0.476. The van der Waals surface area contributed by atoms with Crippen molar-refractivity contribution in [2.75, 3.05) is 31.2 Å². The predicted molar refractivity (Wildman–Crippen MR) is 134 cm³/mol. The third-order valence-electron chi connectivity index (χ3n) is 6.82. The van der Waals surface area contributed by atoms with Crippen LogP contribution in [0.4, 0.5) is 5.13 Å². The van der Waals surface area contributed by atoms with E-state index in [0.29, 0.717) is 37.1 Å². The number of amides is 3. The average Bonchev–Trinajstić information content (AvgIpc) is 3.63. The van der Waals surface area contributed by atoms with Crippen LogP contribution in [-0.4, -0.2) is 113 Å². The SMILES string of the molecule is Nc1nc(C(=NO)C(=O)N[C@@H]2C(=O)N3C(C(=O)O)=C(C=C4CCN(C5CNC(CO)C5)C4=O)CS[C@H]23)ns1. The minimum Gasteiger partial charge on any atom is -0.477 e. The molecule has 38 heavy (non-hydrogen) atoms. The van der Waals surface area contributed by atoms with Gasteiger partial charge in [0.2, 0.25) is 17.4 Å². The van der Waals surface area contributed by atoms with Crippen LogP contribution in [0.3, 0.4) is 0 Å². The summed E-state index contributed by atoms with van der Waals surface area (Å²) in [6.07, 6.45) is 2.63. The molecule has 4 aliphatic heterocycles. The quantitative estimate of drug-likeness (QED) is 0.0690. The van der Waals surface area contributed by atoms with Crippen molar-refractivity contribution in [3.63, 3.8) is 0 Å². The first-order chi connectivity index (χ1) is 18.2. The van der Waals surface area contributed by atoms with Crippen molar-refractivity contribution in [3.05, 3.63) is 28.7 Å². The number of oxime groups is 1. The standard InChI is InChI=1S/C21H24N8O7S2/c22-21-25-15(27-38-21)12(26-36)16(31)24-13-18(33)29-14(20(34)35)9(7-37-19(13)29)3-8-1-2-28(17(8)32)11-4-10(6-30)23-5-11/h3,10-11,13,19,23,30,36H,1-2,4-7H2,(H,24,31)(H,34,35)(H2,22,25,27)/t10?,11?,13-,19-/m1/s1. The number of aliphatic hydroxyl groups is 1. The van der Waals surface area contributed by atoms with E-state index in [1.54, 1.807) is 11.0 Å². The molecule has 1 aromatic rings. The summed E-state index contributed by atoms with van der Waals surface area (Å²) in [5.41, 5.74) is 5.53. The minimum absolute atomic E-state index is 0.00964. The van der Waals surface area contributed by atoms with Crippen LogP contribution < -0.4 is 16.4 Å². The number of carbonyl (C=O) groups is 4. The van der Waals surface area contributed by atoms with Crippen LogP contribution in [0.25, 0.3) is 0 Å². The number of aliphatic carboxylic acids is 1. The molecule has 1 aromatic heterocycles. The van der Waals surface area contributed by atoms with Crippen molar-refractivity contribution in [2.45, 2.75) is 36.3 Å². The van der Waals surface area contributed by atoms with E-state index in [9.17, 15) is 34.6 Å². The van der Waals surface area contributed by atoms with Crippen LogP contribution in [0.2, 0.25) is 0 Å². The van der Waals surface area contributed by atoms with Gasteiger partial charge >= 0.3 is 5.97 Å². The number of hydrogen-bond donors (Lipinski definition) is 6. The van der Waals surface area contributed by atoms with E-state index >= 15 is 0 Å². The van der Waals surface area contributed by atoms with Gasteiger partial charge in [-0.15, -0.1) is 11.8 Å². The van der Waals surface area contributed by atoms with Crippen molar-refractivity contribution < 1.29 is 34.6 Å². The molecule has 5 heterocycles. The summed E-state index contributed by atoms with van der Waals surface area (Å²) in [6, 6.07) is -1.18. The molecule has 202 valence electrons. The topological polar surface area (TPSA) is 224 Å². The summed E-state index contributed by atoms with van der Waals surface area (Å²) in [5, 5.41) is 36.4. The third kappa shape index (κ3) is 4.50. The molecule has 17 heteroatoms. The lowest BCUT2D eigenvalue weighted by atomic mass is 10.0. The molecule has 2 unspecified atom stereocenters. The number of anilines is 1. The molecule has 4 atom stereocenters. The van der Waals surface area contributed by atoms with Crippen LogP contribution >= 0.6 is 23.3 Å². The van der Waals surface area contributed by atoms with Crippen molar-refractivity contribution in [3.8, 4) is 0 Å². The second-order valence-corrected chi connectivity index (χ2v) is 10.9. The summed E-state index contributed by atoms with van der Waals surface area (Å²) < 4.78 is 3.81. The number of carboxylic acids is 1. The molecule has 3 amide bonds. The minimum atomic E-state index is -1.33. The molecule has 0 aromatic carbocycles. The molecule has 5 rings (SSSR count). The van der Waals surface area contributed by atoms with Crippen molar-refractivity contribution >= 4 is 57.8 Å². The molecular weight excluding hydrogens is 540 g/mol. The zero-order valence-corrected chi connectivity index (χ0v) is 21.4. The van der Waals surface area contributed by atoms with Gasteiger partial charge in [0.25, 0.3) is 11.8 Å². The zero-order valence-electron chi connectivity index (χ0n) is 19.7. The van der Waals surface area contributed by atoms with Crippen LogP contribution in [-0.2, 0) is 19.2 Å². The van der Waals surface area contributed by atoms with E-state index in [1.165, 1.54) is 11.8 Å². The third-order valence-corrected chi connectivity index (χ3v) is 8.67. The van der Waals surface area contributed by atoms with E-state index in [1.807, 2.05) is 0 Å². The largest absolute Gasteiger partial charge is 0.477 e. The van der Waals surface area contributed by atoms with Gasteiger partial charge in [-0.25, -0.2) is 4.79 Å². The second-order valence-electron chi connectivity index (χ2n) is 9.04. The number of carboxylic acid groups (broad SMARTS) is 1. The molecular formula is C21H24N8O7S2. The monoisotopic (exact) mass is 564 g/mol. The lowest BCUT2D eigenvalue weighted by molar-refractivity contribution is -0.150. The molecule has 0 spiro atoms. The molecule has 3 fully saturated rings. The van der Waals surface area contributed by atoms with Gasteiger partial charge in [-0.05, 0) is 24.5 Å². The van der Waals surface area contributed by atoms with Crippen molar-refractivity contribution in [1.29, 1.82) is 0 Å². The fourth-order valence-electron chi connectivity index (χ4n) is 4.99. The van der Waals surface area contributed by atoms with Crippen LogP contribution in [0.15, 0.2) is 28.1 Å². The van der Waals surface area contributed by atoms with Gasteiger partial charge in [0, 0.05) is 48.0 Å². The van der Waals surface area contributed by atoms with Gasteiger partial charge in [0.1, 0.15) is 17.1 Å². The highest BCUT2D eigenvalue weighted by atomic mass is 32.2. The molecule has 3 saturated heterocycles. The van der Waals surface area contributed by atoms with Gasteiger partial charge in [0.05, 0.1) is 6.61 Å². The van der Waals surface area contributed by atoms with E-state index in [4.69, 9.17) is 5.73 Å². The summed E-state index contributed by atoms with van der Waals surface area (Å²) in [6.45, 7) is 1.06. The van der Waals surface area contributed by atoms with Gasteiger partial charge in [-0.1, -0.05) is 5.16 Å². The second kappa shape index (κ2) is 10.3. The molecule has 0 radical (unpaired) electrons. The Kier molecular flexibility index (Phi) is 7.08. The summed E-state index contributed by atoms with van der Waals surface area (Å²) in [7, 11) is 0. The Morgan fingerprint density at radius 3 is 2.76 bits per heavy atom. The van der Waals surface area contributed by atoms with Gasteiger partial charge in [-0.2, -0.15) is 9.36 Å². The Bertz CT molecular complexity index is 1290. The maximum absolute atomic E-state index is 13.1. The van der Waals surface area contributed by atoms with E-state index < -0.39 is 34.9 Å². The van der Waals surface area contributed by atoms with Crippen molar-refractivity contribution in [2.24, 2.45) is 5.16 Å². The Hall–Kier alpha value is -3.54. The number of nitrogens with zero attached hydrogens (tertiary/aromatic N) is 5. The molecule has 7 N–H and O–H groups in total. The number of nitrogen functional groups attached to an aromatic ring is 1. The smallest absolute Gasteiger partial charge is 0.352 e. The zero-order chi connectivity index (χ0) is 27.1. The highest BCUT2D eigenvalue weighted by Crippen LogP contribution is 2.41. The highest BCUT2D eigenvalue weighted by molar-refractivity contribution is 8.00. The van der Waals surface area contributed by atoms with Crippen molar-refractivity contribution in [1.82, 2.24) is 29.8 Å². The van der Waals surface area contributed by atoms with E-state index in [-0.39, 0.29) is 47.0 Å². The molecule has 0 saturated carbocycles. The number of rotatable bonds is 7. The number of likely N-dealkylation sites (tertiary alicyclic amines) is 1. The first kappa shape index (κ1) is 26.1. The molecule has 0 aliphatic carbocycles. The van der Waals surface area contributed by atoms with Crippen LogP contribution in [0, 0.1) is 0 Å². The predicted octanol–water partition coefficient (Wildman–Crippen LogP) is -2.08. The van der Waals surface area contributed by atoms with Gasteiger partial charge < -0.3 is 36.7 Å². The number of nitrogens with one attached hydrogen (secondary N) is 2. The first-order valence-electron chi connectivity index (χ1n) is 11.6. The number of carbonyl (C=O) groups excluding carboxylic acids is 3.